The summed E-state index contributed by atoms with van der Waals surface area (Å²) in [7, 11) is 1.52. The van der Waals surface area contributed by atoms with E-state index >= 15 is 4.79 Å². The number of fused-ring (bicyclic) bond motifs is 5. The molecule has 4 aliphatic rings. The number of hydrogen-bond donors (Lipinski definition) is 5. The van der Waals surface area contributed by atoms with Gasteiger partial charge in [-0.15, -0.1) is 0 Å². The summed E-state index contributed by atoms with van der Waals surface area (Å²) in [4.78, 5) is 103. The van der Waals surface area contributed by atoms with Crippen LogP contribution in [0.3, 0.4) is 0 Å². The molecule has 426 valence electrons. The fraction of sp³-hybridized carbons (Fsp3) is 0.517. The summed E-state index contributed by atoms with van der Waals surface area (Å²) in [6.45, 7) is 13.6. The topological polar surface area (TPSA) is 290 Å². The van der Waals surface area contributed by atoms with Crippen molar-refractivity contribution in [1.82, 2.24) is 5.32 Å². The molecule has 7 rings (SSSR count). The van der Waals surface area contributed by atoms with Crippen LogP contribution in [-0.4, -0.2) is 156 Å². The number of ether oxygens (including phenoxy) is 8. The number of amides is 2. The Morgan fingerprint density at radius 1 is 0.861 bits per heavy atom. The second kappa shape index (κ2) is 23.8. The van der Waals surface area contributed by atoms with E-state index in [1.54, 1.807) is 88.4 Å². The molecule has 11 atom stereocenters. The summed E-state index contributed by atoms with van der Waals surface area (Å²) in [6, 6.07) is 20.7. The van der Waals surface area contributed by atoms with E-state index < -0.39 is 119 Å². The number of methoxy groups -OCH3 is 1. The van der Waals surface area contributed by atoms with Crippen LogP contribution in [0.1, 0.15) is 103 Å². The number of benzene rings is 3. The van der Waals surface area contributed by atoms with E-state index in [0.717, 1.165) is 6.92 Å². The molecule has 3 fully saturated rings. The van der Waals surface area contributed by atoms with Crippen molar-refractivity contribution >= 4 is 53.1 Å². The maximum absolute atomic E-state index is 16.1. The van der Waals surface area contributed by atoms with Gasteiger partial charge in [0.15, 0.2) is 29.4 Å². The highest BCUT2D eigenvalue weighted by Gasteiger charge is 2.78. The van der Waals surface area contributed by atoms with Crippen molar-refractivity contribution in [1.29, 1.82) is 0 Å². The van der Waals surface area contributed by atoms with Crippen LogP contribution in [0.5, 0.6) is 0 Å². The molecule has 79 heavy (non-hydrogen) atoms. The van der Waals surface area contributed by atoms with Gasteiger partial charge in [-0.05, 0) is 88.1 Å². The molecule has 5 N–H and O–H groups in total. The first kappa shape index (κ1) is 59.8. The molecule has 0 spiro atoms. The van der Waals surface area contributed by atoms with Gasteiger partial charge in [-0.25, -0.2) is 19.2 Å². The van der Waals surface area contributed by atoms with Gasteiger partial charge in [0.05, 0.1) is 48.9 Å². The van der Waals surface area contributed by atoms with Gasteiger partial charge >= 0.3 is 30.1 Å². The summed E-state index contributed by atoms with van der Waals surface area (Å²) >= 11 is 0. The Labute approximate surface area is 458 Å². The number of aliphatic imine (C=N–C) groups is 1. The first-order valence-electron chi connectivity index (χ1n) is 26.0. The Morgan fingerprint density at radius 3 is 2.10 bits per heavy atom. The van der Waals surface area contributed by atoms with E-state index in [1.807, 2.05) is 0 Å². The smallest absolute Gasteiger partial charge is 0.412 e. The van der Waals surface area contributed by atoms with Crippen molar-refractivity contribution in [2.45, 2.75) is 135 Å². The van der Waals surface area contributed by atoms with Gasteiger partial charge in [-0.1, -0.05) is 74.5 Å². The molecular formula is C58H71N3O18. The largest absolute Gasteiger partial charge is 0.456 e. The maximum atomic E-state index is 16.1. The molecule has 1 heterocycles. The number of Topliss-reactive ketones (excluding diaryl/α,β-unsaturated/α-hetero) is 2. The number of ketones is 2. The zero-order valence-electron chi connectivity index (χ0n) is 46.1. The number of alkyl carbamates (subject to hydrolysis) is 1. The molecule has 2 bridgehead atoms. The van der Waals surface area contributed by atoms with E-state index in [-0.39, 0.29) is 66.5 Å². The van der Waals surface area contributed by atoms with Gasteiger partial charge in [0.2, 0.25) is 0 Å². The molecule has 21 heteroatoms. The Hall–Kier alpha value is -6.88. The number of hydrogen-bond acceptors (Lipinski definition) is 19. The summed E-state index contributed by atoms with van der Waals surface area (Å²) in [6.07, 6.45) is -13.5. The molecule has 1 saturated heterocycles. The summed E-state index contributed by atoms with van der Waals surface area (Å²) in [5, 5.41) is 43.6. The quantitative estimate of drug-likeness (QED) is 0.0343. The monoisotopic (exact) mass is 1100 g/mol. The number of rotatable bonds is 18. The first-order valence-corrected chi connectivity index (χ1v) is 26.0. The lowest BCUT2D eigenvalue weighted by atomic mass is 9.44. The van der Waals surface area contributed by atoms with Gasteiger partial charge in [-0.2, -0.15) is 0 Å². The van der Waals surface area contributed by atoms with Crippen molar-refractivity contribution in [3.8, 4) is 0 Å². The summed E-state index contributed by atoms with van der Waals surface area (Å²) < 4.78 is 46.7. The minimum atomic E-state index is -2.51. The van der Waals surface area contributed by atoms with Crippen molar-refractivity contribution < 1.29 is 86.8 Å². The third-order valence-corrected chi connectivity index (χ3v) is 15.5. The standard InChI is InChI=1S/C58H71N3O18/c1-32-40(75-51(68)45(65)44(36-17-13-11-14-18-36)61-53(70)79-54(4,5)6)28-58(71)49(77-50(67)37-19-15-12-16-20-37)47-56(9,41(64)27-42-57(47,31-74-42)78-34(3)62)48(66)46(43(32)55(58,7)8)76-52(69)60-38-23-21-35(22-24-38)33(2)59-29-39(63)30-73-26-25-72-10/h11-24,40-42,44-47,49,64-65,71H,25-31H2,1-10H3,(H,60,69)(H,61,70)/t40-,41-,42+,44-,45+,46+,47-,49-,56+,57-,58+/m0/s1. The second-order valence-electron chi connectivity index (χ2n) is 22.1. The number of anilines is 1. The van der Waals surface area contributed by atoms with E-state index in [2.05, 4.69) is 15.6 Å². The Morgan fingerprint density at radius 2 is 1.51 bits per heavy atom. The Kier molecular flexibility index (Phi) is 18.0. The van der Waals surface area contributed by atoms with Crippen LogP contribution >= 0.6 is 0 Å². The predicted molar refractivity (Wildman–Crippen MR) is 283 cm³/mol. The highest BCUT2D eigenvalue weighted by molar-refractivity contribution is 6.01. The van der Waals surface area contributed by atoms with Crippen LogP contribution in [0, 0.1) is 16.7 Å². The molecule has 3 aromatic rings. The maximum Gasteiger partial charge on any atom is 0.412 e. The first-order chi connectivity index (χ1) is 37.2. The fourth-order valence-electron chi connectivity index (χ4n) is 11.4. The average molecular weight is 1100 g/mol. The van der Waals surface area contributed by atoms with Crippen LogP contribution in [0.15, 0.2) is 101 Å². The van der Waals surface area contributed by atoms with Crippen LogP contribution in [0.4, 0.5) is 15.3 Å². The van der Waals surface area contributed by atoms with Crippen LogP contribution < -0.4 is 10.6 Å². The van der Waals surface area contributed by atoms with Crippen molar-refractivity contribution in [3.63, 3.8) is 0 Å². The SMILES string of the molecule is COCCOCC(=O)CN=C(C)c1ccc(NC(=O)O[C@H]2C(=O)[C@@]3(C)[C@H]([C@H](OC(=O)c4ccccc4)[C@]4(O)C[C@H](OC(=O)[C@H](O)[C@@H](NC(=O)OC(C)(C)C)c5ccccc5)C(C)=C2C4(C)C)[C@]2(OC(C)=O)CO[C@@H]2C[C@@H]3O)cc1. The fourth-order valence-corrected chi connectivity index (χ4v) is 11.4. The van der Waals surface area contributed by atoms with E-state index in [4.69, 9.17) is 37.9 Å². The summed E-state index contributed by atoms with van der Waals surface area (Å²) in [5.74, 6) is -5.98. The minimum Gasteiger partial charge on any atom is -0.456 e. The lowest BCUT2D eigenvalue weighted by molar-refractivity contribution is -0.345. The van der Waals surface area contributed by atoms with Crippen molar-refractivity contribution in [2.75, 3.05) is 45.4 Å². The molecule has 3 aliphatic carbocycles. The molecule has 21 nitrogen and oxygen atoms in total. The van der Waals surface area contributed by atoms with Gasteiger partial charge in [0, 0.05) is 43.7 Å². The van der Waals surface area contributed by atoms with Gasteiger partial charge < -0.3 is 58.5 Å². The highest BCUT2D eigenvalue weighted by Crippen LogP contribution is 2.64. The third kappa shape index (κ3) is 12.3. The van der Waals surface area contributed by atoms with Gasteiger partial charge in [0.25, 0.3) is 0 Å². The zero-order valence-corrected chi connectivity index (χ0v) is 46.1. The number of carbonyl (C=O) groups is 7. The Balaban J connectivity index is 1.33. The number of nitrogens with zero attached hydrogens (tertiary/aromatic N) is 1. The molecule has 0 radical (unpaired) electrons. The van der Waals surface area contributed by atoms with Crippen molar-refractivity contribution in [3.05, 3.63) is 113 Å². The number of carbonyl (C=O) groups excluding carboxylic acids is 7. The number of nitrogens with one attached hydrogen (secondary N) is 2. The van der Waals surface area contributed by atoms with Gasteiger partial charge in [-0.3, -0.25) is 24.7 Å². The highest BCUT2D eigenvalue weighted by atomic mass is 16.6. The van der Waals surface area contributed by atoms with Crippen molar-refractivity contribution in [2.24, 2.45) is 21.7 Å². The molecular weight excluding hydrogens is 1030 g/mol. The second-order valence-corrected chi connectivity index (χ2v) is 22.1. The van der Waals surface area contributed by atoms with Gasteiger partial charge in [0.1, 0.15) is 42.7 Å². The molecule has 0 unspecified atom stereocenters. The van der Waals surface area contributed by atoms with Crippen LogP contribution in [0.25, 0.3) is 0 Å². The number of esters is 3. The lowest BCUT2D eigenvalue weighted by Gasteiger charge is -2.67. The van der Waals surface area contributed by atoms with Crippen LogP contribution in [-0.2, 0) is 57.1 Å². The van der Waals surface area contributed by atoms with E-state index in [1.165, 1.54) is 59.1 Å². The Bertz CT molecular complexity index is 2830. The predicted octanol–water partition coefficient (Wildman–Crippen LogP) is 5.56. The molecule has 1 aliphatic heterocycles. The minimum absolute atomic E-state index is 0.0274. The normalized spacial score (nSPS) is 27.9. The van der Waals surface area contributed by atoms with E-state index in [0.29, 0.717) is 17.9 Å². The third-order valence-electron chi connectivity index (χ3n) is 15.5. The molecule has 2 amide bonds. The number of aliphatic hydroxyl groups is 3. The average Bonchev–Trinajstić information content (AvgIpc) is 3.51. The summed E-state index contributed by atoms with van der Waals surface area (Å²) in [5.41, 5.74) is -7.75. The van der Waals surface area contributed by atoms with Crippen LogP contribution in [0.2, 0.25) is 0 Å². The number of aliphatic hydroxyl groups excluding tert-OH is 2. The molecule has 0 aromatic heterocycles. The zero-order chi connectivity index (χ0) is 57.8. The molecule has 3 aromatic carbocycles. The lowest BCUT2D eigenvalue weighted by Crippen LogP contribution is -2.82. The molecule has 2 saturated carbocycles. The van der Waals surface area contributed by atoms with E-state index in [9.17, 15) is 44.1 Å².